The maximum Gasteiger partial charge on any atom is 0.251 e. The number of likely N-dealkylation sites (tertiary alicyclic amines) is 1. The Kier molecular flexibility index (Phi) is 12.1. The van der Waals surface area contributed by atoms with Crippen molar-refractivity contribution >= 4 is 28.3 Å². The second-order valence-corrected chi connectivity index (χ2v) is 22.1. The van der Waals surface area contributed by atoms with E-state index in [1.165, 1.54) is 11.3 Å². The van der Waals surface area contributed by atoms with Gasteiger partial charge in [-0.3, -0.25) is 23.9 Å². The van der Waals surface area contributed by atoms with E-state index < -0.39 is 0 Å². The normalized spacial score (nSPS) is 22.2. The van der Waals surface area contributed by atoms with Gasteiger partial charge < -0.3 is 29.5 Å². The van der Waals surface area contributed by atoms with Crippen LogP contribution in [0.15, 0.2) is 91.4 Å². The molecule has 0 spiro atoms. The van der Waals surface area contributed by atoms with Crippen molar-refractivity contribution in [2.24, 2.45) is 29.2 Å². The summed E-state index contributed by atoms with van der Waals surface area (Å²) < 4.78 is 16.1. The molecule has 1 saturated carbocycles. The van der Waals surface area contributed by atoms with E-state index in [0.29, 0.717) is 30.6 Å². The summed E-state index contributed by atoms with van der Waals surface area (Å²) in [6, 6.07) is 24.7. The lowest BCUT2D eigenvalue weighted by atomic mass is 9.49. The summed E-state index contributed by atoms with van der Waals surface area (Å²) in [5.74, 6) is 2.15. The number of piperidine rings is 2. The van der Waals surface area contributed by atoms with E-state index in [-0.39, 0.29) is 40.2 Å². The zero-order chi connectivity index (χ0) is 48.4. The third-order valence-electron chi connectivity index (χ3n) is 16.3. The van der Waals surface area contributed by atoms with Crippen LogP contribution in [0.4, 0.5) is 5.69 Å². The molecule has 2 amide bonds. The fourth-order valence-electron chi connectivity index (χ4n) is 12.6. The van der Waals surface area contributed by atoms with Crippen molar-refractivity contribution < 1.29 is 19.1 Å². The maximum absolute atomic E-state index is 13.7. The first-order valence-corrected chi connectivity index (χ1v) is 24.9. The second kappa shape index (κ2) is 17.9. The molecule has 2 saturated heterocycles. The zero-order valence-corrected chi connectivity index (χ0v) is 42.0. The predicted molar refractivity (Wildman–Crippen MR) is 271 cm³/mol. The number of aryl methyl sites for hydroxylation is 1. The summed E-state index contributed by atoms with van der Waals surface area (Å²) in [5.41, 5.74) is 7.75. The number of amides is 2. The van der Waals surface area contributed by atoms with Crippen LogP contribution in [0.25, 0.3) is 33.3 Å². The summed E-state index contributed by atoms with van der Waals surface area (Å²) in [7, 11) is 3.58. The highest BCUT2D eigenvalue weighted by Crippen LogP contribution is 2.56. The molecule has 69 heavy (non-hydrogen) atoms. The molecule has 1 aliphatic carbocycles. The van der Waals surface area contributed by atoms with Gasteiger partial charge in [-0.15, -0.1) is 0 Å². The highest BCUT2D eigenvalue weighted by Gasteiger charge is 2.64. The van der Waals surface area contributed by atoms with Gasteiger partial charge in [0.05, 0.1) is 30.7 Å². The molecule has 3 aliphatic heterocycles. The molecule has 3 aromatic carbocycles. The molecule has 13 heteroatoms. The van der Waals surface area contributed by atoms with Crippen LogP contribution in [0, 0.1) is 22.2 Å². The fourth-order valence-corrected chi connectivity index (χ4v) is 12.6. The van der Waals surface area contributed by atoms with Crippen molar-refractivity contribution in [3.05, 3.63) is 108 Å². The van der Waals surface area contributed by atoms with Gasteiger partial charge in [0.1, 0.15) is 17.6 Å². The molecule has 0 bridgehead atoms. The number of aromatic nitrogens is 5. The summed E-state index contributed by atoms with van der Waals surface area (Å²) in [5, 5.41) is 15.4. The molecule has 1 atom stereocenters. The minimum atomic E-state index is -0.275. The minimum Gasteiger partial charge on any atom is -0.497 e. The lowest BCUT2D eigenvalue weighted by Crippen LogP contribution is -2.74. The average Bonchev–Trinajstić information content (AvgIpc) is 3.96. The topological polar surface area (TPSA) is 123 Å². The number of methoxy groups -OCH3 is 1. The third kappa shape index (κ3) is 8.76. The van der Waals surface area contributed by atoms with Gasteiger partial charge in [-0.05, 0) is 78.4 Å². The molecule has 6 aromatic rings. The summed E-state index contributed by atoms with van der Waals surface area (Å²) in [6.07, 6.45) is 9.73. The number of benzene rings is 3. The van der Waals surface area contributed by atoms with Crippen LogP contribution in [-0.2, 0) is 24.8 Å². The molecule has 10 rings (SSSR count). The lowest BCUT2D eigenvalue weighted by molar-refractivity contribution is -0.164. The second-order valence-electron chi connectivity index (χ2n) is 22.1. The average molecular weight is 932 g/mol. The van der Waals surface area contributed by atoms with E-state index in [1.807, 2.05) is 66.9 Å². The Morgan fingerprint density at radius 1 is 0.855 bits per heavy atom. The van der Waals surface area contributed by atoms with Gasteiger partial charge in [0.25, 0.3) is 5.91 Å². The standard InChI is InChI=1S/C56H69N9O4/c1-36(66)63-27-23-49-47(34-63)50(45-15-10-12-38-28-48(57-31-46(38)45)39-30-58-61(8)32-39)60-65(49)42-21-24-62(25-22-42)33-40-20-26-64(35-54(40,2)3)41-18-16-37(17-19-41)51(67)59-52-55(4,5)53(56(52,6)7)69-44-14-11-13-43(29-44)68-9/h10-19,28-32,40,42,52-53H,20-27,33-35H2,1-9H3,(H,59,67). The zero-order valence-electron chi connectivity index (χ0n) is 42.0. The van der Waals surface area contributed by atoms with Crippen LogP contribution >= 0.6 is 0 Å². The molecule has 3 fully saturated rings. The molecular formula is C56H69N9O4. The number of hydrogen-bond donors (Lipinski definition) is 1. The first-order valence-electron chi connectivity index (χ1n) is 24.9. The van der Waals surface area contributed by atoms with Crippen LogP contribution in [0.5, 0.6) is 11.5 Å². The largest absolute Gasteiger partial charge is 0.497 e. The molecule has 13 nitrogen and oxygen atoms in total. The van der Waals surface area contributed by atoms with Crippen molar-refractivity contribution in [2.45, 2.75) is 98.9 Å². The monoisotopic (exact) mass is 932 g/mol. The van der Waals surface area contributed by atoms with Gasteiger partial charge in [0.15, 0.2) is 0 Å². The number of carbonyl (C=O) groups excluding carboxylic acids is 2. The Balaban J connectivity index is 0.764. The number of fused-ring (bicyclic) bond motifs is 2. The first-order chi connectivity index (χ1) is 33.0. The lowest BCUT2D eigenvalue weighted by Gasteiger charge is -2.63. The number of hydrogen-bond acceptors (Lipinski definition) is 9. The number of carbonyl (C=O) groups is 2. The van der Waals surface area contributed by atoms with E-state index in [1.54, 1.807) is 18.7 Å². The Bertz CT molecular complexity index is 2860. The van der Waals surface area contributed by atoms with Gasteiger partial charge in [0, 0.05) is 141 Å². The Morgan fingerprint density at radius 3 is 2.29 bits per heavy atom. The molecular weight excluding hydrogens is 863 g/mol. The Labute approximate surface area is 407 Å². The van der Waals surface area contributed by atoms with Crippen molar-refractivity contribution in [1.82, 2.24) is 39.7 Å². The number of rotatable bonds is 11. The van der Waals surface area contributed by atoms with Crippen LogP contribution in [0.2, 0.25) is 0 Å². The Morgan fingerprint density at radius 2 is 1.59 bits per heavy atom. The van der Waals surface area contributed by atoms with Crippen molar-refractivity contribution in [2.75, 3.05) is 51.3 Å². The summed E-state index contributed by atoms with van der Waals surface area (Å²) in [4.78, 5) is 38.5. The van der Waals surface area contributed by atoms with Crippen LogP contribution in [-0.4, -0.2) is 105 Å². The molecule has 362 valence electrons. The van der Waals surface area contributed by atoms with Gasteiger partial charge in [-0.2, -0.15) is 10.2 Å². The maximum atomic E-state index is 13.7. The quantitative estimate of drug-likeness (QED) is 0.136. The van der Waals surface area contributed by atoms with E-state index in [9.17, 15) is 9.59 Å². The molecule has 0 radical (unpaired) electrons. The fraction of sp³-hybridized carbons (Fsp3) is 0.482. The molecule has 3 aromatic heterocycles. The summed E-state index contributed by atoms with van der Waals surface area (Å²) >= 11 is 0. The summed E-state index contributed by atoms with van der Waals surface area (Å²) in [6.45, 7) is 21.6. The number of nitrogens with zero attached hydrogens (tertiary/aromatic N) is 8. The van der Waals surface area contributed by atoms with Gasteiger partial charge in [-0.25, -0.2) is 0 Å². The van der Waals surface area contributed by atoms with Crippen molar-refractivity contribution in [3.8, 4) is 34.0 Å². The number of ether oxygens (including phenoxy) is 2. The first kappa shape index (κ1) is 46.5. The van der Waals surface area contributed by atoms with E-state index in [0.717, 1.165) is 109 Å². The van der Waals surface area contributed by atoms with E-state index >= 15 is 0 Å². The SMILES string of the molecule is COc1cccc(OC2C(C)(C)C(NC(=O)c3ccc(N4CCC(CN5CCC(n6nc(-c7cccc8cc(-c9cnn(C)c9)ncc78)c7c6CCN(C(C)=O)C7)CC5)C(C)(C)C4)cc3)C2(C)C)c1. The minimum absolute atomic E-state index is 0.0544. The Hall–Kier alpha value is -6.21. The predicted octanol–water partition coefficient (Wildman–Crippen LogP) is 9.21. The van der Waals surface area contributed by atoms with Crippen molar-refractivity contribution in [3.63, 3.8) is 0 Å². The molecule has 4 aliphatic rings. The van der Waals surface area contributed by atoms with Gasteiger partial charge in [-0.1, -0.05) is 65.8 Å². The van der Waals surface area contributed by atoms with Gasteiger partial charge in [0.2, 0.25) is 5.91 Å². The van der Waals surface area contributed by atoms with Crippen LogP contribution in [0.3, 0.4) is 0 Å². The van der Waals surface area contributed by atoms with E-state index in [4.69, 9.17) is 19.6 Å². The van der Waals surface area contributed by atoms with Crippen LogP contribution in [0.1, 0.15) is 95.4 Å². The molecule has 1 N–H and O–H groups in total. The number of anilines is 1. The smallest absolute Gasteiger partial charge is 0.251 e. The number of nitrogens with one attached hydrogen (secondary N) is 1. The van der Waals surface area contributed by atoms with Crippen LogP contribution < -0.4 is 19.7 Å². The van der Waals surface area contributed by atoms with E-state index in [2.05, 4.69) is 103 Å². The van der Waals surface area contributed by atoms with Crippen molar-refractivity contribution in [1.29, 1.82) is 0 Å². The highest BCUT2D eigenvalue weighted by molar-refractivity contribution is 5.98. The third-order valence-corrected chi connectivity index (χ3v) is 16.3. The molecule has 6 heterocycles. The highest BCUT2D eigenvalue weighted by atomic mass is 16.5. The number of pyridine rings is 1. The molecule has 1 unspecified atom stereocenters. The van der Waals surface area contributed by atoms with Gasteiger partial charge >= 0.3 is 0 Å².